The Morgan fingerprint density at radius 1 is 1.09 bits per heavy atom. The number of pyridine rings is 1. The zero-order valence-corrected chi connectivity index (χ0v) is 17.4. The number of rotatable bonds is 3. The molecular weight excluding hydrogens is 409 g/mol. The highest BCUT2D eigenvalue weighted by Gasteiger charge is 2.44. The van der Waals surface area contributed by atoms with Crippen LogP contribution in [0.5, 0.6) is 0 Å². The summed E-state index contributed by atoms with van der Waals surface area (Å²) >= 11 is 0. The van der Waals surface area contributed by atoms with Gasteiger partial charge in [-0.05, 0) is 67.5 Å². The molecule has 6 rings (SSSR count). The van der Waals surface area contributed by atoms with E-state index in [9.17, 15) is 14.3 Å². The van der Waals surface area contributed by atoms with Gasteiger partial charge in [0, 0.05) is 30.3 Å². The smallest absolute Gasteiger partial charge is 0.306 e. The fourth-order valence-corrected chi connectivity index (χ4v) is 5.40. The zero-order chi connectivity index (χ0) is 21.9. The van der Waals surface area contributed by atoms with Gasteiger partial charge < -0.3 is 9.67 Å². The summed E-state index contributed by atoms with van der Waals surface area (Å²) < 4.78 is 17.6. The van der Waals surface area contributed by atoms with E-state index in [0.29, 0.717) is 12.8 Å². The van der Waals surface area contributed by atoms with Gasteiger partial charge in [0.15, 0.2) is 5.65 Å². The highest BCUT2D eigenvalue weighted by Crippen LogP contribution is 2.49. The maximum Gasteiger partial charge on any atom is 0.306 e. The number of halogens is 1. The number of benzene rings is 1. The minimum atomic E-state index is -0.684. The molecule has 1 N–H and O–H groups in total. The van der Waals surface area contributed by atoms with E-state index < -0.39 is 5.97 Å². The van der Waals surface area contributed by atoms with E-state index in [0.717, 1.165) is 59.8 Å². The lowest BCUT2D eigenvalue weighted by atomic mass is 9.69. The Bertz CT molecular complexity index is 1330. The Labute approximate surface area is 183 Å². The van der Waals surface area contributed by atoms with E-state index in [1.54, 1.807) is 16.6 Å². The van der Waals surface area contributed by atoms with Crippen LogP contribution in [0.15, 0.2) is 48.9 Å². The van der Waals surface area contributed by atoms with Crippen molar-refractivity contribution in [1.82, 2.24) is 24.1 Å². The number of imidazole rings is 1. The summed E-state index contributed by atoms with van der Waals surface area (Å²) in [7, 11) is 0. The Kier molecular flexibility index (Phi) is 4.18. The molecule has 0 unspecified atom stereocenters. The summed E-state index contributed by atoms with van der Waals surface area (Å²) in [5, 5.41) is 13.7. The first-order chi connectivity index (χ1) is 15.5. The van der Waals surface area contributed by atoms with E-state index in [4.69, 9.17) is 4.98 Å². The second-order valence-corrected chi connectivity index (χ2v) is 9.09. The predicted octanol–water partition coefficient (Wildman–Crippen LogP) is 4.22. The number of hydrogen-bond acceptors (Lipinski definition) is 4. The monoisotopic (exact) mass is 431 g/mol. The lowest BCUT2D eigenvalue weighted by Crippen LogP contribution is -2.32. The van der Waals surface area contributed by atoms with Crippen molar-refractivity contribution in [3.63, 3.8) is 0 Å². The van der Waals surface area contributed by atoms with E-state index >= 15 is 0 Å². The number of aliphatic carboxylic acids is 1. The normalized spacial score (nSPS) is 22.5. The van der Waals surface area contributed by atoms with Gasteiger partial charge in [0.1, 0.15) is 18.0 Å². The molecule has 3 aromatic heterocycles. The summed E-state index contributed by atoms with van der Waals surface area (Å²) in [6.45, 7) is 0.813. The Morgan fingerprint density at radius 2 is 1.84 bits per heavy atom. The molecule has 162 valence electrons. The Hall–Kier alpha value is -3.55. The fourth-order valence-electron chi connectivity index (χ4n) is 5.40. The lowest BCUT2D eigenvalue weighted by Gasteiger charge is -2.35. The van der Waals surface area contributed by atoms with Crippen LogP contribution in [0.1, 0.15) is 31.5 Å². The predicted molar refractivity (Wildman–Crippen MR) is 115 cm³/mol. The van der Waals surface area contributed by atoms with Gasteiger partial charge in [-0.2, -0.15) is 5.10 Å². The van der Waals surface area contributed by atoms with Crippen molar-refractivity contribution in [3.05, 3.63) is 60.6 Å². The highest BCUT2D eigenvalue weighted by atomic mass is 19.1. The Balaban J connectivity index is 1.44. The Morgan fingerprint density at radius 3 is 2.59 bits per heavy atom. The summed E-state index contributed by atoms with van der Waals surface area (Å²) in [5.41, 5.74) is 4.47. The van der Waals surface area contributed by atoms with E-state index in [2.05, 4.69) is 14.6 Å². The zero-order valence-electron chi connectivity index (χ0n) is 17.4. The van der Waals surface area contributed by atoms with Crippen LogP contribution in [0, 0.1) is 17.2 Å². The second kappa shape index (κ2) is 6.98. The maximum atomic E-state index is 13.6. The van der Waals surface area contributed by atoms with Gasteiger partial charge >= 0.3 is 5.97 Å². The molecule has 1 fully saturated rings. The van der Waals surface area contributed by atoms with Crippen LogP contribution < -0.4 is 0 Å². The third-order valence-corrected chi connectivity index (χ3v) is 7.13. The van der Waals surface area contributed by atoms with Gasteiger partial charge in [-0.25, -0.2) is 18.9 Å². The van der Waals surface area contributed by atoms with Crippen molar-refractivity contribution in [2.45, 2.75) is 38.6 Å². The third kappa shape index (κ3) is 3.01. The second-order valence-electron chi connectivity index (χ2n) is 9.09. The van der Waals surface area contributed by atoms with Crippen molar-refractivity contribution in [2.24, 2.45) is 11.3 Å². The average Bonchev–Trinajstić information content (AvgIpc) is 3.47. The molecular formula is C24H22FN5O2. The van der Waals surface area contributed by atoms with Crippen LogP contribution in [0.4, 0.5) is 4.39 Å². The number of carboxylic acids is 1. The van der Waals surface area contributed by atoms with Crippen LogP contribution in [0.2, 0.25) is 0 Å². The lowest BCUT2D eigenvalue weighted by molar-refractivity contribution is -0.143. The molecule has 4 heterocycles. The molecule has 0 saturated heterocycles. The van der Waals surface area contributed by atoms with E-state index in [1.165, 1.54) is 18.5 Å². The van der Waals surface area contributed by atoms with Crippen molar-refractivity contribution < 1.29 is 14.3 Å². The number of fused-ring (bicyclic) bond motifs is 2. The van der Waals surface area contributed by atoms with Gasteiger partial charge in [0.05, 0.1) is 17.3 Å². The van der Waals surface area contributed by atoms with E-state index in [1.807, 2.05) is 18.3 Å². The third-order valence-electron chi connectivity index (χ3n) is 7.13. The molecule has 1 aliphatic heterocycles. The molecule has 1 aromatic carbocycles. The molecule has 2 aliphatic rings. The molecule has 1 aliphatic carbocycles. The SMILES string of the molecule is O=C(O)C1CCC2(CC1)Cc1nc(-c3ccc(F)cc3)c(-c3ccc4ncnn4c3)n1C2. The number of aromatic nitrogens is 5. The molecule has 0 amide bonds. The van der Waals surface area contributed by atoms with Gasteiger partial charge in [-0.1, -0.05) is 0 Å². The summed E-state index contributed by atoms with van der Waals surface area (Å²) in [6.07, 6.45) is 7.51. The van der Waals surface area contributed by atoms with Crippen molar-refractivity contribution in [1.29, 1.82) is 0 Å². The van der Waals surface area contributed by atoms with Gasteiger partial charge in [0.2, 0.25) is 0 Å². The molecule has 1 saturated carbocycles. The summed E-state index contributed by atoms with van der Waals surface area (Å²) in [5.74, 6) is -0.194. The van der Waals surface area contributed by atoms with Gasteiger partial charge in [-0.15, -0.1) is 0 Å². The van der Waals surface area contributed by atoms with Crippen LogP contribution in [0.25, 0.3) is 28.2 Å². The van der Waals surface area contributed by atoms with Crippen LogP contribution >= 0.6 is 0 Å². The standard InChI is InChI=1S/C24H22FN5O2/c25-18-4-1-15(2-5-18)21-22(17-3-6-19-26-14-27-30(19)12-17)29-13-24(11-20(29)28-21)9-7-16(8-10-24)23(31)32/h1-6,12,14,16H,7-11,13H2,(H,31,32). The first kappa shape index (κ1) is 19.2. The minimum absolute atomic E-state index is 0.0573. The first-order valence-corrected chi connectivity index (χ1v) is 10.9. The average molecular weight is 431 g/mol. The van der Waals surface area contributed by atoms with Crippen LogP contribution in [0.3, 0.4) is 0 Å². The number of nitrogens with zero attached hydrogens (tertiary/aromatic N) is 5. The number of hydrogen-bond donors (Lipinski definition) is 1. The van der Waals surface area contributed by atoms with Crippen molar-refractivity contribution >= 4 is 11.6 Å². The maximum absolute atomic E-state index is 13.6. The first-order valence-electron chi connectivity index (χ1n) is 10.9. The summed E-state index contributed by atoms with van der Waals surface area (Å²) in [6, 6.07) is 10.4. The molecule has 0 radical (unpaired) electrons. The molecule has 0 bridgehead atoms. The molecule has 4 aromatic rings. The molecule has 7 nitrogen and oxygen atoms in total. The summed E-state index contributed by atoms with van der Waals surface area (Å²) in [4.78, 5) is 20.7. The number of carboxylic acid groups (broad SMARTS) is 1. The topological polar surface area (TPSA) is 85.3 Å². The molecule has 8 heteroatoms. The quantitative estimate of drug-likeness (QED) is 0.525. The van der Waals surface area contributed by atoms with Crippen LogP contribution in [-0.2, 0) is 17.8 Å². The molecule has 32 heavy (non-hydrogen) atoms. The van der Waals surface area contributed by atoms with E-state index in [-0.39, 0.29) is 17.2 Å². The van der Waals surface area contributed by atoms with Gasteiger partial charge in [-0.3, -0.25) is 4.79 Å². The number of carbonyl (C=O) groups is 1. The minimum Gasteiger partial charge on any atom is -0.481 e. The van der Waals surface area contributed by atoms with Gasteiger partial charge in [0.25, 0.3) is 0 Å². The van der Waals surface area contributed by atoms with Crippen molar-refractivity contribution in [3.8, 4) is 22.5 Å². The highest BCUT2D eigenvalue weighted by molar-refractivity contribution is 5.79. The van der Waals surface area contributed by atoms with Crippen LogP contribution in [-0.4, -0.2) is 35.2 Å². The fraction of sp³-hybridized carbons (Fsp3) is 0.333. The molecule has 0 atom stereocenters. The largest absolute Gasteiger partial charge is 0.481 e. The molecule has 1 spiro atoms. The van der Waals surface area contributed by atoms with Crippen molar-refractivity contribution in [2.75, 3.05) is 0 Å².